The van der Waals surface area contributed by atoms with Gasteiger partial charge < -0.3 is 39.4 Å². The number of rotatable bonds is 3. The van der Waals surface area contributed by atoms with Crippen LogP contribution >= 0.6 is 0 Å². The molecule has 0 aromatic rings. The van der Waals surface area contributed by atoms with Crippen molar-refractivity contribution in [3.8, 4) is 0 Å². The molecule has 9 heteroatoms. The van der Waals surface area contributed by atoms with Gasteiger partial charge in [0.15, 0.2) is 12.1 Å². The summed E-state index contributed by atoms with van der Waals surface area (Å²) in [5.74, 6) is 2.52. The minimum atomic E-state index is -1.44. The average molecular weight is 593 g/mol. The fourth-order valence-electron chi connectivity index (χ4n) is 11.4. The second kappa shape index (κ2) is 10.4. The van der Waals surface area contributed by atoms with E-state index in [0.717, 1.165) is 58.0 Å². The molecule has 7 fully saturated rings. The Bertz CT molecular complexity index is 1040. The number of hydrogen-bond donors (Lipinski definition) is 4. The monoisotopic (exact) mass is 592 g/mol. The second-order valence-corrected chi connectivity index (χ2v) is 15.8. The molecule has 4 N–H and O–H groups in total. The molecule has 1 spiro atoms. The van der Waals surface area contributed by atoms with Gasteiger partial charge in [-0.15, -0.1) is 0 Å². The molecule has 9 nitrogen and oxygen atoms in total. The van der Waals surface area contributed by atoms with Crippen molar-refractivity contribution in [1.82, 2.24) is 0 Å². The van der Waals surface area contributed by atoms with Crippen LogP contribution in [-0.2, 0) is 23.7 Å². The number of aliphatic hydroxyl groups is 4. The van der Waals surface area contributed by atoms with E-state index < -0.39 is 43.1 Å². The van der Waals surface area contributed by atoms with Crippen molar-refractivity contribution < 1.29 is 44.2 Å². The number of carbonyl (C=O) groups excluding carboxylic acids is 1. The number of ether oxygens (including phenoxy) is 4. The minimum Gasteiger partial charge on any atom is -0.394 e. The minimum absolute atomic E-state index is 0.0448. The molecule has 1 unspecified atom stereocenters. The molecule has 4 aliphatic carbocycles. The van der Waals surface area contributed by atoms with Crippen LogP contribution < -0.4 is 0 Å². The van der Waals surface area contributed by atoms with Crippen molar-refractivity contribution in [3.05, 3.63) is 0 Å². The SMILES string of the molecule is C[C@@H]1CCC2(OC1)O[C@H]1C[C@H]3[C@@H]4CC[C@H]5C[C@@H](O[C@@H]6O[C@H](CO)[C@H](O)[C@H](O)[C@H]6O)CC[C@]5(C)[C@H]4CC(=O)[C@]3(C)[C@H]1[C@@H]2C. The van der Waals surface area contributed by atoms with Gasteiger partial charge in [-0.2, -0.15) is 0 Å². The lowest BCUT2D eigenvalue weighted by atomic mass is 9.44. The van der Waals surface area contributed by atoms with Crippen molar-refractivity contribution >= 4 is 5.78 Å². The first-order chi connectivity index (χ1) is 19.9. The summed E-state index contributed by atoms with van der Waals surface area (Å²) in [6.45, 7) is 9.46. The third kappa shape index (κ3) is 4.20. The normalized spacial score (nSPS) is 59.2. The zero-order valence-corrected chi connectivity index (χ0v) is 25.7. The largest absolute Gasteiger partial charge is 0.394 e. The van der Waals surface area contributed by atoms with Gasteiger partial charge in [-0.3, -0.25) is 4.79 Å². The van der Waals surface area contributed by atoms with Gasteiger partial charge in [0.2, 0.25) is 0 Å². The number of aliphatic hydroxyl groups excluding tert-OH is 4. The first-order valence-electron chi connectivity index (χ1n) is 16.7. The quantitative estimate of drug-likeness (QED) is 0.365. The summed E-state index contributed by atoms with van der Waals surface area (Å²) in [7, 11) is 0. The highest BCUT2D eigenvalue weighted by Crippen LogP contribution is 2.70. The first-order valence-corrected chi connectivity index (χ1v) is 16.7. The number of fused-ring (bicyclic) bond motifs is 7. The van der Waals surface area contributed by atoms with E-state index in [1.165, 1.54) is 0 Å². The van der Waals surface area contributed by atoms with Gasteiger partial charge in [0.25, 0.3) is 0 Å². The van der Waals surface area contributed by atoms with Crippen LogP contribution in [0.4, 0.5) is 0 Å². The summed E-state index contributed by atoms with van der Waals surface area (Å²) in [6.07, 6.45) is 2.04. The Kier molecular flexibility index (Phi) is 7.47. The van der Waals surface area contributed by atoms with Gasteiger partial charge in [-0.25, -0.2) is 0 Å². The van der Waals surface area contributed by atoms with E-state index in [1.54, 1.807) is 0 Å². The molecule has 3 heterocycles. The van der Waals surface area contributed by atoms with Crippen LogP contribution in [0.1, 0.15) is 85.5 Å². The maximum Gasteiger partial charge on any atom is 0.186 e. The Balaban J connectivity index is 1.05. The van der Waals surface area contributed by atoms with Crippen molar-refractivity contribution in [2.75, 3.05) is 13.2 Å². The Morgan fingerprint density at radius 2 is 1.74 bits per heavy atom. The van der Waals surface area contributed by atoms with Gasteiger partial charge >= 0.3 is 0 Å². The van der Waals surface area contributed by atoms with E-state index in [1.807, 2.05) is 0 Å². The van der Waals surface area contributed by atoms with E-state index in [4.69, 9.17) is 18.9 Å². The zero-order chi connectivity index (χ0) is 29.8. The highest BCUT2D eigenvalue weighted by molar-refractivity contribution is 5.87. The summed E-state index contributed by atoms with van der Waals surface area (Å²) in [6, 6.07) is 0. The Morgan fingerprint density at radius 1 is 0.952 bits per heavy atom. The van der Waals surface area contributed by atoms with Gasteiger partial charge in [-0.05, 0) is 80.0 Å². The van der Waals surface area contributed by atoms with Gasteiger partial charge in [-0.1, -0.05) is 27.7 Å². The van der Waals surface area contributed by atoms with E-state index in [-0.39, 0.29) is 34.9 Å². The lowest BCUT2D eigenvalue weighted by Gasteiger charge is -2.60. The third-order valence-electron chi connectivity index (χ3n) is 13.9. The third-order valence-corrected chi connectivity index (χ3v) is 13.9. The predicted octanol–water partition coefficient (Wildman–Crippen LogP) is 2.80. The summed E-state index contributed by atoms with van der Waals surface area (Å²) in [5.41, 5.74) is -0.309. The van der Waals surface area contributed by atoms with E-state index in [0.29, 0.717) is 41.8 Å². The molecule has 3 aliphatic heterocycles. The smallest absolute Gasteiger partial charge is 0.186 e. The van der Waals surface area contributed by atoms with E-state index in [2.05, 4.69) is 27.7 Å². The van der Waals surface area contributed by atoms with Gasteiger partial charge in [0, 0.05) is 30.1 Å². The Hall–Kier alpha value is -0.650. The van der Waals surface area contributed by atoms with Gasteiger partial charge in [0.05, 0.1) is 25.4 Å². The maximum absolute atomic E-state index is 14.3. The summed E-state index contributed by atoms with van der Waals surface area (Å²) in [5, 5.41) is 40.4. The Morgan fingerprint density at radius 3 is 2.45 bits per heavy atom. The highest BCUT2D eigenvalue weighted by atomic mass is 16.7. The topological polar surface area (TPSA) is 135 Å². The molecule has 0 amide bonds. The highest BCUT2D eigenvalue weighted by Gasteiger charge is 2.71. The zero-order valence-electron chi connectivity index (χ0n) is 25.7. The van der Waals surface area contributed by atoms with E-state index >= 15 is 0 Å². The molecule has 42 heavy (non-hydrogen) atoms. The van der Waals surface area contributed by atoms with Crippen LogP contribution in [0.5, 0.6) is 0 Å². The summed E-state index contributed by atoms with van der Waals surface area (Å²) < 4.78 is 25.1. The fraction of sp³-hybridized carbons (Fsp3) is 0.970. The van der Waals surface area contributed by atoms with Crippen LogP contribution in [0.3, 0.4) is 0 Å². The summed E-state index contributed by atoms with van der Waals surface area (Å²) in [4.78, 5) is 14.3. The maximum atomic E-state index is 14.3. The van der Waals surface area contributed by atoms with Crippen molar-refractivity contribution in [1.29, 1.82) is 0 Å². The lowest BCUT2D eigenvalue weighted by molar-refractivity contribution is -0.316. The molecule has 0 aromatic heterocycles. The molecule has 0 bridgehead atoms. The van der Waals surface area contributed by atoms with Crippen molar-refractivity contribution in [2.24, 2.45) is 52.3 Å². The molecule has 4 saturated carbocycles. The number of Topliss-reactive ketones (excluding diaryl/α,β-unsaturated/α-hetero) is 1. The van der Waals surface area contributed by atoms with Crippen LogP contribution in [0.2, 0.25) is 0 Å². The van der Waals surface area contributed by atoms with Crippen LogP contribution in [0.25, 0.3) is 0 Å². The standard InChI is InChI=1S/C33H52O9/c1-16-7-10-33(39-15-16)17(2)26-23(42-33)12-22-20-6-5-18-11-19(40-30-29(38)28(37)27(36)24(14-34)41-30)8-9-31(18,3)21(20)13-25(35)32(22,26)4/h16-24,26-30,34,36-38H,5-15H2,1-4H3/t16-,17+,18+,19+,20-,21+,22+,23+,24-,26+,27+,28+,29-,30-,31+,32-,33?/m1/s1. The van der Waals surface area contributed by atoms with Crippen molar-refractivity contribution in [3.63, 3.8) is 0 Å². The molecular weight excluding hydrogens is 540 g/mol. The van der Waals surface area contributed by atoms with Gasteiger partial charge in [0.1, 0.15) is 30.2 Å². The molecule has 7 rings (SSSR count). The molecule has 0 radical (unpaired) electrons. The number of hydrogen-bond acceptors (Lipinski definition) is 9. The predicted molar refractivity (Wildman–Crippen MR) is 151 cm³/mol. The molecule has 17 atom stereocenters. The Labute approximate surface area is 249 Å². The lowest BCUT2D eigenvalue weighted by Crippen LogP contribution is -2.60. The second-order valence-electron chi connectivity index (χ2n) is 15.8. The molecule has 3 saturated heterocycles. The summed E-state index contributed by atoms with van der Waals surface area (Å²) >= 11 is 0. The van der Waals surface area contributed by atoms with Crippen LogP contribution in [-0.4, -0.2) is 88.1 Å². The van der Waals surface area contributed by atoms with Crippen molar-refractivity contribution in [2.45, 2.75) is 134 Å². The molecule has 0 aromatic carbocycles. The number of carbonyl (C=O) groups is 1. The van der Waals surface area contributed by atoms with Crippen LogP contribution in [0.15, 0.2) is 0 Å². The fourth-order valence-corrected chi connectivity index (χ4v) is 11.4. The molecule has 7 aliphatic rings. The molecular formula is C33H52O9. The average Bonchev–Trinajstić information content (AvgIpc) is 3.42. The molecule has 238 valence electrons. The van der Waals surface area contributed by atoms with Crippen LogP contribution in [0, 0.1) is 52.3 Å². The number of ketones is 1. The first kappa shape index (κ1) is 30.0. The van der Waals surface area contributed by atoms with E-state index in [9.17, 15) is 25.2 Å².